The molecule has 0 aliphatic rings. The Balaban J connectivity index is 1.53. The van der Waals surface area contributed by atoms with E-state index in [4.69, 9.17) is 11.6 Å². The summed E-state index contributed by atoms with van der Waals surface area (Å²) in [5, 5.41) is 8.75. The Morgan fingerprint density at radius 3 is 2.71 bits per heavy atom. The molecule has 2 N–H and O–H groups in total. The van der Waals surface area contributed by atoms with E-state index >= 15 is 0 Å². The Morgan fingerprint density at radius 2 is 2.00 bits per heavy atom. The quantitative estimate of drug-likeness (QED) is 0.678. The zero-order valence-electron chi connectivity index (χ0n) is 12.8. The van der Waals surface area contributed by atoms with Gasteiger partial charge in [0.1, 0.15) is 5.82 Å². The van der Waals surface area contributed by atoms with Gasteiger partial charge >= 0.3 is 0 Å². The minimum atomic E-state index is -0.0678. The van der Waals surface area contributed by atoms with Gasteiger partial charge < -0.3 is 10.6 Å². The van der Waals surface area contributed by atoms with Crippen LogP contribution >= 0.6 is 22.9 Å². The van der Waals surface area contributed by atoms with Crippen molar-refractivity contribution in [1.82, 2.24) is 4.98 Å². The van der Waals surface area contributed by atoms with Crippen molar-refractivity contribution in [3.63, 3.8) is 0 Å². The lowest BCUT2D eigenvalue weighted by Crippen LogP contribution is -2.14. The third-order valence-corrected chi connectivity index (χ3v) is 4.63. The minimum Gasteiger partial charge on any atom is -0.380 e. The Bertz CT molecular complexity index is 803. The SMILES string of the molecule is O=C(Cc1cccs1)Nc1ccc(NCc2ccccc2Cl)cn1. The highest BCUT2D eigenvalue weighted by Gasteiger charge is 2.06. The van der Waals surface area contributed by atoms with Crippen molar-refractivity contribution in [2.45, 2.75) is 13.0 Å². The van der Waals surface area contributed by atoms with E-state index in [0.29, 0.717) is 18.8 Å². The first-order valence-corrected chi connectivity index (χ1v) is 8.72. The third kappa shape index (κ3) is 4.57. The molecule has 0 saturated carbocycles. The van der Waals surface area contributed by atoms with Crippen LogP contribution in [0.2, 0.25) is 5.02 Å². The summed E-state index contributed by atoms with van der Waals surface area (Å²) in [6, 6.07) is 15.2. The highest BCUT2D eigenvalue weighted by atomic mass is 35.5. The number of anilines is 2. The van der Waals surface area contributed by atoms with Crippen LogP contribution < -0.4 is 10.6 Å². The fourth-order valence-electron chi connectivity index (χ4n) is 2.17. The molecular formula is C18H16ClN3OS. The van der Waals surface area contributed by atoms with Gasteiger partial charge in [0, 0.05) is 16.4 Å². The minimum absolute atomic E-state index is 0.0678. The Hall–Kier alpha value is -2.37. The Kier molecular flexibility index (Phi) is 5.46. The average molecular weight is 358 g/mol. The van der Waals surface area contributed by atoms with Crippen LogP contribution in [-0.4, -0.2) is 10.9 Å². The van der Waals surface area contributed by atoms with Crippen LogP contribution in [0, 0.1) is 0 Å². The number of nitrogens with one attached hydrogen (secondary N) is 2. The van der Waals surface area contributed by atoms with Crippen LogP contribution in [0.5, 0.6) is 0 Å². The topological polar surface area (TPSA) is 54.0 Å². The van der Waals surface area contributed by atoms with E-state index in [-0.39, 0.29) is 5.91 Å². The predicted molar refractivity (Wildman–Crippen MR) is 99.7 cm³/mol. The van der Waals surface area contributed by atoms with Gasteiger partial charge in [0.05, 0.1) is 18.3 Å². The number of carbonyl (C=O) groups excluding carboxylic acids is 1. The van der Waals surface area contributed by atoms with Gasteiger partial charge in [0.25, 0.3) is 0 Å². The van der Waals surface area contributed by atoms with Gasteiger partial charge in [-0.3, -0.25) is 4.79 Å². The molecule has 0 unspecified atom stereocenters. The van der Waals surface area contributed by atoms with E-state index in [2.05, 4.69) is 15.6 Å². The highest BCUT2D eigenvalue weighted by Crippen LogP contribution is 2.17. The van der Waals surface area contributed by atoms with E-state index in [0.717, 1.165) is 21.2 Å². The summed E-state index contributed by atoms with van der Waals surface area (Å²) in [6.45, 7) is 0.617. The van der Waals surface area contributed by atoms with Crippen molar-refractivity contribution in [1.29, 1.82) is 0 Å². The lowest BCUT2D eigenvalue weighted by atomic mass is 10.2. The second kappa shape index (κ2) is 7.95. The Morgan fingerprint density at radius 1 is 1.12 bits per heavy atom. The normalized spacial score (nSPS) is 10.4. The van der Waals surface area contributed by atoms with Crippen LogP contribution in [0.3, 0.4) is 0 Å². The van der Waals surface area contributed by atoms with Crippen molar-refractivity contribution in [2.75, 3.05) is 10.6 Å². The number of amides is 1. The molecule has 2 heterocycles. The van der Waals surface area contributed by atoms with Crippen molar-refractivity contribution in [2.24, 2.45) is 0 Å². The third-order valence-electron chi connectivity index (χ3n) is 3.39. The van der Waals surface area contributed by atoms with Crippen molar-refractivity contribution in [3.8, 4) is 0 Å². The first-order valence-electron chi connectivity index (χ1n) is 7.46. The molecule has 0 aliphatic carbocycles. The van der Waals surface area contributed by atoms with E-state index < -0.39 is 0 Å². The molecule has 6 heteroatoms. The van der Waals surface area contributed by atoms with E-state index in [9.17, 15) is 4.79 Å². The fraction of sp³-hybridized carbons (Fsp3) is 0.111. The second-order valence-corrected chi connectivity index (χ2v) is 6.62. The Labute approximate surface area is 149 Å². The maximum absolute atomic E-state index is 11.9. The lowest BCUT2D eigenvalue weighted by Gasteiger charge is -2.09. The number of carbonyl (C=O) groups is 1. The number of hydrogen-bond acceptors (Lipinski definition) is 4. The summed E-state index contributed by atoms with van der Waals surface area (Å²) >= 11 is 7.70. The van der Waals surface area contributed by atoms with Gasteiger partial charge in [-0.25, -0.2) is 4.98 Å². The van der Waals surface area contributed by atoms with Crippen LogP contribution in [0.15, 0.2) is 60.1 Å². The van der Waals surface area contributed by atoms with E-state index in [1.807, 2.05) is 47.8 Å². The fourth-order valence-corrected chi connectivity index (χ4v) is 3.08. The summed E-state index contributed by atoms with van der Waals surface area (Å²) < 4.78 is 0. The molecule has 24 heavy (non-hydrogen) atoms. The number of pyridine rings is 1. The maximum atomic E-state index is 11.9. The van der Waals surface area contributed by atoms with Crippen LogP contribution in [0.1, 0.15) is 10.4 Å². The number of thiophene rings is 1. The molecule has 2 aromatic heterocycles. The van der Waals surface area contributed by atoms with E-state index in [1.54, 1.807) is 23.6 Å². The van der Waals surface area contributed by atoms with Crippen LogP contribution in [0.4, 0.5) is 11.5 Å². The molecule has 0 atom stereocenters. The predicted octanol–water partition coefficient (Wildman–Crippen LogP) is 4.59. The van der Waals surface area contributed by atoms with Gasteiger partial charge in [0.15, 0.2) is 0 Å². The molecule has 0 spiro atoms. The molecule has 0 bridgehead atoms. The standard InChI is InChI=1S/C18H16ClN3OS/c19-16-6-2-1-4-13(16)11-20-14-7-8-17(21-12-14)22-18(23)10-15-5-3-9-24-15/h1-9,12,20H,10-11H2,(H,21,22,23). The van der Waals surface area contributed by atoms with Gasteiger partial charge in [-0.05, 0) is 35.2 Å². The lowest BCUT2D eigenvalue weighted by molar-refractivity contribution is -0.115. The molecule has 0 aliphatic heterocycles. The molecular weight excluding hydrogens is 342 g/mol. The van der Waals surface area contributed by atoms with Crippen molar-refractivity contribution < 1.29 is 4.79 Å². The molecule has 1 aromatic carbocycles. The number of hydrogen-bond donors (Lipinski definition) is 2. The number of halogens is 1. The first kappa shape index (κ1) is 16.5. The molecule has 0 radical (unpaired) electrons. The van der Waals surface area contributed by atoms with E-state index in [1.165, 1.54) is 0 Å². The largest absolute Gasteiger partial charge is 0.380 e. The van der Waals surface area contributed by atoms with Gasteiger partial charge in [0.2, 0.25) is 5.91 Å². The summed E-state index contributed by atoms with van der Waals surface area (Å²) in [5.74, 6) is 0.474. The second-order valence-electron chi connectivity index (χ2n) is 5.18. The molecule has 1 amide bonds. The molecule has 122 valence electrons. The molecule has 0 saturated heterocycles. The molecule has 0 fully saturated rings. The average Bonchev–Trinajstić information content (AvgIpc) is 3.08. The molecule has 3 aromatic rings. The van der Waals surface area contributed by atoms with Gasteiger partial charge in [-0.2, -0.15) is 0 Å². The number of nitrogens with zero attached hydrogens (tertiary/aromatic N) is 1. The monoisotopic (exact) mass is 357 g/mol. The zero-order valence-corrected chi connectivity index (χ0v) is 14.4. The number of rotatable bonds is 6. The number of benzene rings is 1. The maximum Gasteiger partial charge on any atom is 0.230 e. The smallest absolute Gasteiger partial charge is 0.230 e. The van der Waals surface area contributed by atoms with Crippen LogP contribution in [-0.2, 0) is 17.8 Å². The summed E-state index contributed by atoms with van der Waals surface area (Å²) in [7, 11) is 0. The summed E-state index contributed by atoms with van der Waals surface area (Å²) in [6.07, 6.45) is 2.06. The van der Waals surface area contributed by atoms with Crippen molar-refractivity contribution in [3.05, 3.63) is 75.6 Å². The molecule has 3 rings (SSSR count). The van der Waals surface area contributed by atoms with Gasteiger partial charge in [-0.15, -0.1) is 11.3 Å². The first-order chi connectivity index (χ1) is 11.7. The highest BCUT2D eigenvalue weighted by molar-refractivity contribution is 7.10. The van der Waals surface area contributed by atoms with Crippen LogP contribution in [0.25, 0.3) is 0 Å². The summed E-state index contributed by atoms with van der Waals surface area (Å²) in [5.41, 5.74) is 1.89. The zero-order chi connectivity index (χ0) is 16.8. The summed E-state index contributed by atoms with van der Waals surface area (Å²) in [4.78, 5) is 17.2. The van der Waals surface area contributed by atoms with Crippen molar-refractivity contribution >= 4 is 40.4 Å². The van der Waals surface area contributed by atoms with Gasteiger partial charge in [-0.1, -0.05) is 35.9 Å². The molecule has 4 nitrogen and oxygen atoms in total. The number of aromatic nitrogens is 1.